The van der Waals surface area contributed by atoms with Gasteiger partial charge in [0, 0.05) is 17.1 Å². The van der Waals surface area contributed by atoms with Gasteiger partial charge in [0.1, 0.15) is 0 Å². The van der Waals surface area contributed by atoms with E-state index in [0.29, 0.717) is 0 Å². The number of hydrogen-bond donors (Lipinski definition) is 0. The van der Waals surface area contributed by atoms with Crippen molar-refractivity contribution < 1.29 is 0 Å². The van der Waals surface area contributed by atoms with Crippen LogP contribution in [0.15, 0.2) is 97.7 Å². The molecule has 108 valence electrons. The van der Waals surface area contributed by atoms with Gasteiger partial charge in [0.15, 0.2) is 0 Å². The molecule has 0 unspecified atom stereocenters. The van der Waals surface area contributed by atoms with Gasteiger partial charge >= 0.3 is 0 Å². The summed E-state index contributed by atoms with van der Waals surface area (Å²) in [7, 11) is 0. The minimum atomic E-state index is 0.993. The largest absolute Gasteiger partial charge is 0.311 e. The third-order valence-corrected chi connectivity index (χ3v) is 2.78. The molecule has 1 nitrogen and oxygen atoms in total. The third-order valence-electron chi connectivity index (χ3n) is 2.78. The molecule has 0 fully saturated rings. The molecule has 0 aliphatic heterocycles. The summed E-state index contributed by atoms with van der Waals surface area (Å²) in [6.45, 7) is 11.7. The van der Waals surface area contributed by atoms with E-state index in [0.717, 1.165) is 17.1 Å². The minimum absolute atomic E-state index is 0.993. The molecule has 2 rings (SSSR count). The van der Waals surface area contributed by atoms with Crippen LogP contribution in [0.25, 0.3) is 0 Å². The number of nitrogens with zero attached hydrogens (tertiary/aromatic N) is 1. The van der Waals surface area contributed by atoms with Crippen LogP contribution in [-0.2, 0) is 0 Å². The lowest BCUT2D eigenvalue weighted by Gasteiger charge is -2.26. The lowest BCUT2D eigenvalue weighted by molar-refractivity contribution is 1.21. The Morgan fingerprint density at radius 2 is 1.24 bits per heavy atom. The second kappa shape index (κ2) is 9.38. The van der Waals surface area contributed by atoms with Gasteiger partial charge in [-0.3, -0.25) is 0 Å². The first-order valence-corrected chi connectivity index (χ1v) is 7.22. The molecule has 0 heterocycles. The van der Waals surface area contributed by atoms with Crippen LogP contribution in [0.3, 0.4) is 0 Å². The van der Waals surface area contributed by atoms with Crippen molar-refractivity contribution in [2.24, 2.45) is 0 Å². The van der Waals surface area contributed by atoms with Crippen molar-refractivity contribution in [2.45, 2.75) is 13.8 Å². The van der Waals surface area contributed by atoms with Gasteiger partial charge in [0.25, 0.3) is 0 Å². The van der Waals surface area contributed by atoms with Gasteiger partial charge < -0.3 is 4.90 Å². The molecule has 0 radical (unpaired) electrons. The molecule has 0 aliphatic rings. The second-order valence-electron chi connectivity index (χ2n) is 4.04. The van der Waals surface area contributed by atoms with E-state index in [1.807, 2.05) is 62.4 Å². The van der Waals surface area contributed by atoms with Crippen LogP contribution < -0.4 is 4.90 Å². The molecule has 0 spiro atoms. The van der Waals surface area contributed by atoms with Crippen LogP contribution in [0.5, 0.6) is 0 Å². The Labute approximate surface area is 128 Å². The quantitative estimate of drug-likeness (QED) is 0.596. The topological polar surface area (TPSA) is 3.24 Å². The summed E-state index contributed by atoms with van der Waals surface area (Å²) in [5, 5.41) is 0. The summed E-state index contributed by atoms with van der Waals surface area (Å²) in [4.78, 5) is 2.15. The fourth-order valence-electron chi connectivity index (χ4n) is 1.96. The average Bonchev–Trinajstić information content (AvgIpc) is 2.58. The van der Waals surface area contributed by atoms with Crippen LogP contribution in [-0.4, -0.2) is 0 Å². The molecule has 2 aromatic carbocycles. The average molecular weight is 277 g/mol. The number of rotatable bonds is 5. The Morgan fingerprint density at radius 1 is 0.810 bits per heavy atom. The molecule has 0 bridgehead atoms. The number of benzene rings is 2. The molecule has 0 saturated heterocycles. The van der Waals surface area contributed by atoms with E-state index in [4.69, 9.17) is 0 Å². The summed E-state index contributed by atoms with van der Waals surface area (Å²) in [6.07, 6.45) is 5.56. The Kier molecular flexibility index (Phi) is 7.37. The fraction of sp³-hybridized carbons (Fsp3) is 0.100. The maximum atomic E-state index is 3.89. The highest BCUT2D eigenvalue weighted by Gasteiger charge is 2.10. The Hall–Kier alpha value is -2.54. The smallest absolute Gasteiger partial charge is 0.0461 e. The van der Waals surface area contributed by atoms with Crippen molar-refractivity contribution >= 4 is 11.4 Å². The van der Waals surface area contributed by atoms with Gasteiger partial charge in [-0.1, -0.05) is 69.5 Å². The predicted octanol–water partition coefficient (Wildman–Crippen LogP) is 6.11. The molecular formula is C20H23N. The second-order valence-corrected chi connectivity index (χ2v) is 4.04. The van der Waals surface area contributed by atoms with Gasteiger partial charge in [0.05, 0.1) is 0 Å². The Bertz CT molecular complexity index is 528. The van der Waals surface area contributed by atoms with Crippen molar-refractivity contribution in [1.82, 2.24) is 0 Å². The van der Waals surface area contributed by atoms with Crippen LogP contribution in [0.4, 0.5) is 11.4 Å². The zero-order valence-corrected chi connectivity index (χ0v) is 12.9. The van der Waals surface area contributed by atoms with Gasteiger partial charge in [-0.05, 0) is 36.4 Å². The maximum Gasteiger partial charge on any atom is 0.0461 e. The summed E-state index contributed by atoms with van der Waals surface area (Å²) < 4.78 is 0. The predicted molar refractivity (Wildman–Crippen MR) is 94.8 cm³/mol. The lowest BCUT2D eigenvalue weighted by Crippen LogP contribution is -2.14. The number of hydrogen-bond acceptors (Lipinski definition) is 1. The van der Waals surface area contributed by atoms with Crippen molar-refractivity contribution in [3.63, 3.8) is 0 Å². The van der Waals surface area contributed by atoms with E-state index < -0.39 is 0 Å². The minimum Gasteiger partial charge on any atom is -0.311 e. The van der Waals surface area contributed by atoms with Gasteiger partial charge in [0.2, 0.25) is 0 Å². The highest BCUT2D eigenvalue weighted by molar-refractivity contribution is 5.70. The van der Waals surface area contributed by atoms with Crippen molar-refractivity contribution in [2.75, 3.05) is 4.90 Å². The summed E-state index contributed by atoms with van der Waals surface area (Å²) in [5.41, 5.74) is 3.19. The molecule has 0 atom stereocenters. The molecule has 0 aliphatic carbocycles. The zero-order valence-electron chi connectivity index (χ0n) is 12.9. The maximum absolute atomic E-state index is 3.89. The van der Waals surface area contributed by atoms with E-state index in [1.165, 1.54) is 0 Å². The normalized spacial score (nSPS) is 10.1. The molecule has 0 aromatic heterocycles. The summed E-state index contributed by atoms with van der Waals surface area (Å²) in [6, 6.07) is 20.4. The highest BCUT2D eigenvalue weighted by Crippen LogP contribution is 2.29. The Morgan fingerprint density at radius 3 is 1.57 bits per heavy atom. The summed E-state index contributed by atoms with van der Waals surface area (Å²) in [5.74, 6) is 0. The molecular weight excluding hydrogens is 254 g/mol. The Balaban J connectivity index is 0.00000106. The van der Waals surface area contributed by atoms with Crippen LogP contribution in [0.1, 0.15) is 13.8 Å². The first-order valence-electron chi connectivity index (χ1n) is 7.22. The highest BCUT2D eigenvalue weighted by atomic mass is 15.1. The van der Waals surface area contributed by atoms with E-state index in [1.54, 1.807) is 6.08 Å². The fourth-order valence-corrected chi connectivity index (χ4v) is 1.96. The summed E-state index contributed by atoms with van der Waals surface area (Å²) >= 11 is 0. The molecule has 2 aromatic rings. The monoisotopic (exact) mass is 277 g/mol. The molecule has 21 heavy (non-hydrogen) atoms. The van der Waals surface area contributed by atoms with Crippen molar-refractivity contribution in [1.29, 1.82) is 0 Å². The van der Waals surface area contributed by atoms with Gasteiger partial charge in [-0.2, -0.15) is 0 Å². The zero-order chi connectivity index (χ0) is 15.5. The van der Waals surface area contributed by atoms with Crippen LogP contribution in [0, 0.1) is 0 Å². The van der Waals surface area contributed by atoms with E-state index >= 15 is 0 Å². The molecule has 0 amide bonds. The van der Waals surface area contributed by atoms with Gasteiger partial charge in [-0.15, -0.1) is 0 Å². The number of anilines is 2. The first kappa shape index (κ1) is 16.5. The van der Waals surface area contributed by atoms with E-state index in [-0.39, 0.29) is 0 Å². The third kappa shape index (κ3) is 4.50. The number of para-hydroxylation sites is 2. The van der Waals surface area contributed by atoms with Crippen LogP contribution >= 0.6 is 0 Å². The molecule has 0 saturated carbocycles. The molecule has 1 heteroatoms. The first-order chi connectivity index (χ1) is 10.4. The SMILES string of the molecule is C=C/C=C(\C=C)N(c1ccccc1)c1ccccc1.CC. The lowest BCUT2D eigenvalue weighted by atomic mass is 10.2. The van der Waals surface area contributed by atoms with Crippen molar-refractivity contribution in [3.8, 4) is 0 Å². The van der Waals surface area contributed by atoms with E-state index in [9.17, 15) is 0 Å². The van der Waals surface area contributed by atoms with Crippen molar-refractivity contribution in [3.05, 3.63) is 97.7 Å². The molecule has 0 N–H and O–H groups in total. The standard InChI is InChI=1S/C18H17N.C2H6/c1-3-11-16(4-2)19(17-12-7-5-8-13-17)18-14-9-6-10-15-18;1-2/h3-15H,1-2H2;1-2H3/b16-11+;. The van der Waals surface area contributed by atoms with Gasteiger partial charge in [-0.25, -0.2) is 0 Å². The number of allylic oxidation sites excluding steroid dienone is 3. The van der Waals surface area contributed by atoms with Crippen LogP contribution in [0.2, 0.25) is 0 Å². The van der Waals surface area contributed by atoms with E-state index in [2.05, 4.69) is 42.3 Å².